The minimum absolute atomic E-state index is 0.166. The molecule has 1 heterocycles. The van der Waals surface area contributed by atoms with E-state index in [1.165, 1.54) is 5.56 Å². The van der Waals surface area contributed by atoms with Crippen molar-refractivity contribution in [1.29, 1.82) is 0 Å². The molecule has 0 aliphatic carbocycles. The highest BCUT2D eigenvalue weighted by atomic mass is 15.3. The predicted molar refractivity (Wildman–Crippen MR) is 62.3 cm³/mol. The summed E-state index contributed by atoms with van der Waals surface area (Å²) in [6, 6.07) is 0.166. The van der Waals surface area contributed by atoms with Crippen LogP contribution < -0.4 is 5.32 Å². The van der Waals surface area contributed by atoms with E-state index in [0.29, 0.717) is 0 Å². The molecule has 1 atom stereocenters. The molecule has 1 aromatic heterocycles. The first-order chi connectivity index (χ1) is 7.30. The summed E-state index contributed by atoms with van der Waals surface area (Å²) in [5, 5.41) is 7.56. The lowest BCUT2D eigenvalue weighted by atomic mass is 10.2. The average Bonchev–Trinajstić information content (AvgIpc) is 2.68. The van der Waals surface area contributed by atoms with E-state index in [0.717, 1.165) is 25.9 Å². The number of terminal acetylenes is 1. The second-order valence-corrected chi connectivity index (χ2v) is 3.62. The van der Waals surface area contributed by atoms with E-state index in [1.807, 2.05) is 10.9 Å². The van der Waals surface area contributed by atoms with Crippen LogP contribution in [0.2, 0.25) is 0 Å². The molecular weight excluding hydrogens is 186 g/mol. The summed E-state index contributed by atoms with van der Waals surface area (Å²) in [6.07, 6.45) is 11.4. The van der Waals surface area contributed by atoms with Crippen LogP contribution in [0, 0.1) is 12.3 Å². The molecule has 0 aliphatic heterocycles. The molecule has 0 amide bonds. The van der Waals surface area contributed by atoms with Crippen LogP contribution in [0.25, 0.3) is 0 Å². The van der Waals surface area contributed by atoms with Gasteiger partial charge in [-0.05, 0) is 12.8 Å². The molecule has 0 radical (unpaired) electrons. The van der Waals surface area contributed by atoms with Crippen molar-refractivity contribution >= 4 is 0 Å². The third-order valence-corrected chi connectivity index (χ3v) is 2.30. The van der Waals surface area contributed by atoms with Crippen LogP contribution in [-0.4, -0.2) is 15.8 Å². The van der Waals surface area contributed by atoms with Gasteiger partial charge in [-0.3, -0.25) is 10.00 Å². The van der Waals surface area contributed by atoms with Crippen molar-refractivity contribution in [3.63, 3.8) is 0 Å². The van der Waals surface area contributed by atoms with Gasteiger partial charge < -0.3 is 0 Å². The summed E-state index contributed by atoms with van der Waals surface area (Å²) in [5.41, 5.74) is 1.19. The Kier molecular flexibility index (Phi) is 4.92. The van der Waals surface area contributed by atoms with Crippen LogP contribution in [0.4, 0.5) is 0 Å². The highest BCUT2D eigenvalue weighted by Gasteiger charge is 2.02. The number of nitrogens with one attached hydrogen (secondary N) is 1. The summed E-state index contributed by atoms with van der Waals surface area (Å²) >= 11 is 0. The van der Waals surface area contributed by atoms with Gasteiger partial charge in [0.1, 0.15) is 0 Å². The first-order valence-electron chi connectivity index (χ1n) is 5.51. The van der Waals surface area contributed by atoms with Crippen molar-refractivity contribution in [2.24, 2.45) is 0 Å². The summed E-state index contributed by atoms with van der Waals surface area (Å²) in [4.78, 5) is 0. The van der Waals surface area contributed by atoms with E-state index in [2.05, 4.69) is 36.4 Å². The average molecular weight is 205 g/mol. The highest BCUT2D eigenvalue weighted by Crippen LogP contribution is 1.99. The van der Waals surface area contributed by atoms with Gasteiger partial charge >= 0.3 is 0 Å². The van der Waals surface area contributed by atoms with Gasteiger partial charge in [0.05, 0.1) is 12.2 Å². The van der Waals surface area contributed by atoms with Crippen molar-refractivity contribution in [3.05, 3.63) is 18.0 Å². The van der Waals surface area contributed by atoms with Crippen molar-refractivity contribution < 1.29 is 0 Å². The largest absolute Gasteiger partial charge is 0.299 e. The molecular formula is C12H19N3. The Morgan fingerprint density at radius 1 is 1.60 bits per heavy atom. The minimum Gasteiger partial charge on any atom is -0.299 e. The maximum atomic E-state index is 5.37. The molecule has 0 fully saturated rings. The highest BCUT2D eigenvalue weighted by molar-refractivity contribution is 5.06. The van der Waals surface area contributed by atoms with E-state index in [9.17, 15) is 0 Å². The Balaban J connectivity index is 2.40. The molecule has 82 valence electrons. The molecule has 15 heavy (non-hydrogen) atoms. The van der Waals surface area contributed by atoms with E-state index in [4.69, 9.17) is 6.42 Å². The predicted octanol–water partition coefficient (Wildman–Crippen LogP) is 1.79. The van der Waals surface area contributed by atoms with E-state index < -0.39 is 0 Å². The van der Waals surface area contributed by atoms with Gasteiger partial charge in [-0.15, -0.1) is 6.42 Å². The van der Waals surface area contributed by atoms with Gasteiger partial charge in [-0.25, -0.2) is 0 Å². The zero-order valence-corrected chi connectivity index (χ0v) is 9.53. The Labute approximate surface area is 91.9 Å². The van der Waals surface area contributed by atoms with Crippen LogP contribution in [0.5, 0.6) is 0 Å². The van der Waals surface area contributed by atoms with Crippen molar-refractivity contribution in [2.45, 2.75) is 45.8 Å². The quantitative estimate of drug-likeness (QED) is 0.718. The smallest absolute Gasteiger partial charge is 0.0686 e. The molecule has 1 rings (SSSR count). The molecule has 0 bridgehead atoms. The number of aryl methyl sites for hydroxylation is 1. The number of hydrogen-bond donors (Lipinski definition) is 1. The SMILES string of the molecule is C#CC(CC)NCc1cnn(CCC)c1. The first-order valence-corrected chi connectivity index (χ1v) is 5.51. The molecule has 0 saturated heterocycles. The molecule has 1 unspecified atom stereocenters. The van der Waals surface area contributed by atoms with Crippen molar-refractivity contribution in [1.82, 2.24) is 15.1 Å². The maximum absolute atomic E-state index is 5.37. The zero-order valence-electron chi connectivity index (χ0n) is 9.53. The minimum atomic E-state index is 0.166. The summed E-state index contributed by atoms with van der Waals surface area (Å²) in [5.74, 6) is 2.72. The lowest BCUT2D eigenvalue weighted by molar-refractivity contribution is 0.587. The molecule has 1 aromatic rings. The van der Waals surface area contributed by atoms with Gasteiger partial charge in [0, 0.05) is 24.8 Å². The molecule has 1 N–H and O–H groups in total. The number of nitrogens with zero attached hydrogens (tertiary/aromatic N) is 2. The van der Waals surface area contributed by atoms with E-state index >= 15 is 0 Å². The van der Waals surface area contributed by atoms with Crippen LogP contribution in [0.15, 0.2) is 12.4 Å². The lowest BCUT2D eigenvalue weighted by Crippen LogP contribution is -2.25. The van der Waals surface area contributed by atoms with E-state index in [-0.39, 0.29) is 6.04 Å². The first kappa shape index (κ1) is 11.8. The van der Waals surface area contributed by atoms with Crippen LogP contribution in [0.3, 0.4) is 0 Å². The van der Waals surface area contributed by atoms with Crippen LogP contribution in [0.1, 0.15) is 32.3 Å². The molecule has 3 heteroatoms. The normalized spacial score (nSPS) is 12.3. The fourth-order valence-corrected chi connectivity index (χ4v) is 1.41. The summed E-state index contributed by atoms with van der Waals surface area (Å²) < 4.78 is 1.97. The van der Waals surface area contributed by atoms with Crippen LogP contribution >= 0.6 is 0 Å². The summed E-state index contributed by atoms with van der Waals surface area (Å²) in [6.45, 7) is 6.00. The van der Waals surface area contributed by atoms with Crippen molar-refractivity contribution in [2.75, 3.05) is 0 Å². The van der Waals surface area contributed by atoms with Gasteiger partial charge in [0.15, 0.2) is 0 Å². The van der Waals surface area contributed by atoms with Gasteiger partial charge in [-0.1, -0.05) is 19.8 Å². The second-order valence-electron chi connectivity index (χ2n) is 3.62. The fraction of sp³-hybridized carbons (Fsp3) is 0.583. The third-order valence-electron chi connectivity index (χ3n) is 2.30. The molecule has 0 saturated carbocycles. The molecule has 3 nitrogen and oxygen atoms in total. The second kappa shape index (κ2) is 6.26. The third kappa shape index (κ3) is 3.77. The Bertz CT molecular complexity index is 322. The lowest BCUT2D eigenvalue weighted by Gasteiger charge is -2.08. The van der Waals surface area contributed by atoms with Gasteiger partial charge in [-0.2, -0.15) is 5.10 Å². The number of hydrogen-bond acceptors (Lipinski definition) is 2. The fourth-order valence-electron chi connectivity index (χ4n) is 1.41. The summed E-state index contributed by atoms with van der Waals surface area (Å²) in [7, 11) is 0. The number of aromatic nitrogens is 2. The Hall–Kier alpha value is -1.27. The zero-order chi connectivity index (χ0) is 11.1. The number of rotatable bonds is 6. The Morgan fingerprint density at radius 2 is 2.40 bits per heavy atom. The Morgan fingerprint density at radius 3 is 3.00 bits per heavy atom. The molecule has 0 aromatic carbocycles. The maximum Gasteiger partial charge on any atom is 0.0686 e. The molecule has 0 aliphatic rings. The van der Waals surface area contributed by atoms with Crippen LogP contribution in [-0.2, 0) is 13.1 Å². The monoisotopic (exact) mass is 205 g/mol. The topological polar surface area (TPSA) is 29.9 Å². The van der Waals surface area contributed by atoms with E-state index in [1.54, 1.807) is 0 Å². The van der Waals surface area contributed by atoms with Gasteiger partial charge in [0.25, 0.3) is 0 Å². The molecule has 0 spiro atoms. The van der Waals surface area contributed by atoms with Crippen molar-refractivity contribution in [3.8, 4) is 12.3 Å². The van der Waals surface area contributed by atoms with Gasteiger partial charge in [0.2, 0.25) is 0 Å². The standard InChI is InChI=1S/C12H19N3/c1-4-7-15-10-11(9-14-15)8-13-12(5-2)6-3/h2,9-10,12-13H,4,6-8H2,1,3H3.